The number of hydrogen-bond acceptors (Lipinski definition) is 6. The molecule has 1 atom stereocenters. The Balaban J connectivity index is 1.95. The monoisotopic (exact) mass is 259 g/mol. The number of nitrogens with zero attached hydrogens (tertiary/aromatic N) is 2. The molecule has 0 aromatic carbocycles. The summed E-state index contributed by atoms with van der Waals surface area (Å²) in [6.07, 6.45) is 2.24. The van der Waals surface area contributed by atoms with Gasteiger partial charge in [0.2, 0.25) is 5.89 Å². The van der Waals surface area contributed by atoms with Crippen LogP contribution in [0.1, 0.15) is 25.1 Å². The van der Waals surface area contributed by atoms with Crippen molar-refractivity contribution < 1.29 is 12.9 Å². The minimum atomic E-state index is -2.91. The fourth-order valence-electron chi connectivity index (χ4n) is 1.91. The zero-order chi connectivity index (χ0) is 12.3. The van der Waals surface area contributed by atoms with Crippen molar-refractivity contribution in [3.63, 3.8) is 0 Å². The van der Waals surface area contributed by atoms with Crippen LogP contribution >= 0.6 is 0 Å². The van der Waals surface area contributed by atoms with Crippen LogP contribution in [0.5, 0.6) is 0 Å². The number of rotatable bonds is 4. The second-order valence-corrected chi connectivity index (χ2v) is 6.55. The Morgan fingerprint density at radius 2 is 2.35 bits per heavy atom. The molecular weight excluding hydrogens is 242 g/mol. The van der Waals surface area contributed by atoms with Gasteiger partial charge in [0.15, 0.2) is 15.7 Å². The molecule has 0 bridgehead atoms. The van der Waals surface area contributed by atoms with Gasteiger partial charge in [0.1, 0.15) is 0 Å². The van der Waals surface area contributed by atoms with E-state index in [1.54, 1.807) is 0 Å². The van der Waals surface area contributed by atoms with Crippen LogP contribution in [0.15, 0.2) is 4.52 Å². The Kier molecular flexibility index (Phi) is 3.78. The molecule has 0 aliphatic carbocycles. The van der Waals surface area contributed by atoms with Gasteiger partial charge in [-0.25, -0.2) is 8.42 Å². The van der Waals surface area contributed by atoms with Gasteiger partial charge in [0, 0.05) is 25.4 Å². The van der Waals surface area contributed by atoms with Gasteiger partial charge >= 0.3 is 0 Å². The molecule has 1 saturated heterocycles. The highest BCUT2D eigenvalue weighted by Crippen LogP contribution is 2.08. The predicted octanol–water partition coefficient (Wildman–Crippen LogP) is -0.0488. The third kappa shape index (κ3) is 3.50. The molecular formula is C10H17N3O3S. The Hall–Kier alpha value is -0.950. The van der Waals surface area contributed by atoms with Crippen LogP contribution in [0.2, 0.25) is 0 Å². The van der Waals surface area contributed by atoms with E-state index in [1.165, 1.54) is 0 Å². The Labute approximate surface area is 101 Å². The topological polar surface area (TPSA) is 85.1 Å². The molecule has 96 valence electrons. The molecule has 0 saturated carbocycles. The maximum Gasteiger partial charge on any atom is 0.228 e. The van der Waals surface area contributed by atoms with E-state index in [0.717, 1.165) is 12.8 Å². The van der Waals surface area contributed by atoms with Crippen LogP contribution in [0.4, 0.5) is 0 Å². The number of aryl methyl sites for hydroxylation is 1. The van der Waals surface area contributed by atoms with E-state index in [2.05, 4.69) is 15.5 Å². The maximum atomic E-state index is 11.5. The molecule has 1 unspecified atom stereocenters. The minimum Gasteiger partial charge on any atom is -0.339 e. The summed E-state index contributed by atoms with van der Waals surface area (Å²) in [5, 5.41) is 7.00. The van der Waals surface area contributed by atoms with E-state index in [4.69, 9.17) is 4.52 Å². The van der Waals surface area contributed by atoms with Crippen molar-refractivity contribution >= 4 is 9.84 Å². The Morgan fingerprint density at radius 3 is 3.06 bits per heavy atom. The van der Waals surface area contributed by atoms with E-state index in [9.17, 15) is 8.42 Å². The van der Waals surface area contributed by atoms with Gasteiger partial charge in [-0.15, -0.1) is 0 Å². The van der Waals surface area contributed by atoms with Crippen LogP contribution in [-0.4, -0.2) is 42.7 Å². The van der Waals surface area contributed by atoms with Crippen LogP contribution in [-0.2, 0) is 22.7 Å². The van der Waals surface area contributed by atoms with Crippen molar-refractivity contribution in [1.29, 1.82) is 0 Å². The van der Waals surface area contributed by atoms with Gasteiger partial charge in [-0.05, 0) is 6.42 Å². The zero-order valence-corrected chi connectivity index (χ0v) is 10.7. The summed E-state index contributed by atoms with van der Waals surface area (Å²) in [4.78, 5) is 4.23. The predicted molar refractivity (Wildman–Crippen MR) is 62.4 cm³/mol. The van der Waals surface area contributed by atoms with Gasteiger partial charge < -0.3 is 9.84 Å². The van der Waals surface area contributed by atoms with E-state index in [1.807, 2.05) is 6.92 Å². The van der Waals surface area contributed by atoms with Crippen LogP contribution < -0.4 is 5.32 Å². The molecule has 1 aromatic heterocycles. The Bertz CT molecular complexity index is 469. The average molecular weight is 259 g/mol. The molecule has 1 aliphatic rings. The molecule has 17 heavy (non-hydrogen) atoms. The van der Waals surface area contributed by atoms with E-state index in [-0.39, 0.29) is 17.5 Å². The van der Waals surface area contributed by atoms with Crippen molar-refractivity contribution in [2.45, 2.75) is 32.2 Å². The standard InChI is InChI=1S/C10H17N3O3S/c1-2-3-9-12-10(16-13-9)6-8-7-17(14,15)5-4-11-8/h8,11H,2-7H2,1H3. The SMILES string of the molecule is CCCc1noc(CC2CS(=O)(=O)CCN2)n1. The van der Waals surface area contributed by atoms with Gasteiger partial charge in [-0.1, -0.05) is 12.1 Å². The second-order valence-electron chi connectivity index (χ2n) is 4.32. The summed E-state index contributed by atoms with van der Waals surface area (Å²) >= 11 is 0. The highest BCUT2D eigenvalue weighted by molar-refractivity contribution is 7.91. The highest BCUT2D eigenvalue weighted by Gasteiger charge is 2.25. The van der Waals surface area contributed by atoms with Crippen molar-refractivity contribution in [1.82, 2.24) is 15.5 Å². The summed E-state index contributed by atoms with van der Waals surface area (Å²) in [7, 11) is -2.91. The zero-order valence-electron chi connectivity index (χ0n) is 9.85. The first-order valence-corrected chi connectivity index (χ1v) is 7.66. The van der Waals surface area contributed by atoms with E-state index < -0.39 is 9.84 Å². The lowest BCUT2D eigenvalue weighted by Gasteiger charge is -2.21. The summed E-state index contributed by atoms with van der Waals surface area (Å²) in [5.41, 5.74) is 0. The molecule has 2 rings (SSSR count). The fourth-order valence-corrected chi connectivity index (χ4v) is 3.35. The van der Waals surface area contributed by atoms with Crippen LogP contribution in [0.25, 0.3) is 0 Å². The van der Waals surface area contributed by atoms with Gasteiger partial charge in [0.25, 0.3) is 0 Å². The van der Waals surface area contributed by atoms with Crippen molar-refractivity contribution in [2.75, 3.05) is 18.1 Å². The Morgan fingerprint density at radius 1 is 1.53 bits per heavy atom. The summed E-state index contributed by atoms with van der Waals surface area (Å²) in [6.45, 7) is 2.55. The molecule has 1 aromatic rings. The molecule has 6 nitrogen and oxygen atoms in total. The van der Waals surface area contributed by atoms with Crippen molar-refractivity contribution in [2.24, 2.45) is 0 Å². The maximum absolute atomic E-state index is 11.5. The van der Waals surface area contributed by atoms with E-state index in [0.29, 0.717) is 24.7 Å². The van der Waals surface area contributed by atoms with Crippen molar-refractivity contribution in [3.8, 4) is 0 Å². The number of nitrogens with one attached hydrogen (secondary N) is 1. The molecule has 7 heteroatoms. The lowest BCUT2D eigenvalue weighted by molar-refractivity contribution is 0.357. The second kappa shape index (κ2) is 5.14. The fraction of sp³-hybridized carbons (Fsp3) is 0.800. The summed E-state index contributed by atoms with van der Waals surface area (Å²) in [5.74, 6) is 1.58. The van der Waals surface area contributed by atoms with Gasteiger partial charge in [-0.3, -0.25) is 0 Å². The van der Waals surface area contributed by atoms with Crippen LogP contribution in [0.3, 0.4) is 0 Å². The largest absolute Gasteiger partial charge is 0.339 e. The normalized spacial score (nSPS) is 23.7. The summed E-state index contributed by atoms with van der Waals surface area (Å²) in [6, 6.07) is -0.108. The highest BCUT2D eigenvalue weighted by atomic mass is 32.2. The lowest BCUT2D eigenvalue weighted by Crippen LogP contribution is -2.46. The number of aromatic nitrogens is 2. The molecule has 2 heterocycles. The van der Waals surface area contributed by atoms with E-state index >= 15 is 0 Å². The average Bonchev–Trinajstić information content (AvgIpc) is 2.64. The molecule has 0 radical (unpaired) electrons. The smallest absolute Gasteiger partial charge is 0.228 e. The molecule has 1 aliphatic heterocycles. The van der Waals surface area contributed by atoms with Crippen molar-refractivity contribution in [3.05, 3.63) is 11.7 Å². The van der Waals surface area contributed by atoms with Crippen LogP contribution in [0, 0.1) is 0 Å². The number of hydrogen-bond donors (Lipinski definition) is 1. The third-order valence-corrected chi connectivity index (χ3v) is 4.44. The molecule has 1 fully saturated rings. The quantitative estimate of drug-likeness (QED) is 0.816. The first-order chi connectivity index (χ1) is 8.09. The molecule has 0 amide bonds. The third-order valence-electron chi connectivity index (χ3n) is 2.71. The molecule has 1 N–H and O–H groups in total. The van der Waals surface area contributed by atoms with Gasteiger partial charge in [0.05, 0.1) is 11.5 Å². The first-order valence-electron chi connectivity index (χ1n) is 5.84. The lowest BCUT2D eigenvalue weighted by atomic mass is 10.2. The molecule has 0 spiro atoms. The van der Waals surface area contributed by atoms with Gasteiger partial charge in [-0.2, -0.15) is 4.98 Å². The minimum absolute atomic E-state index is 0.108. The number of sulfone groups is 1. The first kappa shape index (κ1) is 12.5. The summed E-state index contributed by atoms with van der Waals surface area (Å²) < 4.78 is 28.0.